The van der Waals surface area contributed by atoms with Gasteiger partial charge in [-0.3, -0.25) is 10.1 Å². The molecule has 2 heterocycles. The fraction of sp³-hybridized carbons (Fsp3) is 0.769. The van der Waals surface area contributed by atoms with Crippen molar-refractivity contribution in [1.82, 2.24) is 9.78 Å². The maximum Gasteiger partial charge on any atom is 0.331 e. The average Bonchev–Trinajstić information content (AvgIpc) is 3.20. The summed E-state index contributed by atoms with van der Waals surface area (Å²) in [6.45, 7) is 1.20. The third-order valence-electron chi connectivity index (χ3n) is 4.88. The Hall–Kier alpha value is -2.32. The second-order valence-corrected chi connectivity index (χ2v) is 6.24. The first-order chi connectivity index (χ1) is 11.0. The normalized spacial score (nSPS) is 25.7. The summed E-state index contributed by atoms with van der Waals surface area (Å²) in [5.74, 6) is 0.498. The van der Waals surface area contributed by atoms with E-state index in [1.807, 2.05) is 4.90 Å². The van der Waals surface area contributed by atoms with Gasteiger partial charge in [-0.15, -0.1) is 0 Å². The number of azide groups is 1. The van der Waals surface area contributed by atoms with E-state index in [-0.39, 0.29) is 23.2 Å². The highest BCUT2D eigenvalue weighted by molar-refractivity contribution is 5.58. The van der Waals surface area contributed by atoms with E-state index in [1.165, 1.54) is 10.9 Å². The molecule has 1 aromatic heterocycles. The first-order valence-electron chi connectivity index (χ1n) is 7.51. The van der Waals surface area contributed by atoms with Crippen molar-refractivity contribution >= 4 is 11.5 Å². The predicted molar refractivity (Wildman–Crippen MR) is 82.1 cm³/mol. The van der Waals surface area contributed by atoms with Crippen LogP contribution in [0.15, 0.2) is 11.3 Å². The summed E-state index contributed by atoms with van der Waals surface area (Å²) in [5.41, 5.74) is 8.70. The molecule has 3 rings (SSSR count). The number of aromatic nitrogens is 2. The van der Waals surface area contributed by atoms with Crippen molar-refractivity contribution in [2.24, 2.45) is 17.6 Å². The molecule has 1 aliphatic carbocycles. The van der Waals surface area contributed by atoms with Gasteiger partial charge < -0.3 is 9.64 Å². The van der Waals surface area contributed by atoms with Gasteiger partial charge >= 0.3 is 5.69 Å². The summed E-state index contributed by atoms with van der Waals surface area (Å²) in [6, 6.07) is -0.259. The Morgan fingerprint density at radius 3 is 2.91 bits per heavy atom. The van der Waals surface area contributed by atoms with Crippen LogP contribution in [0, 0.1) is 15.5 Å². The van der Waals surface area contributed by atoms with Crippen LogP contribution in [0.5, 0.6) is 0 Å². The minimum atomic E-state index is -0.411. The molecule has 0 bridgehead atoms. The van der Waals surface area contributed by atoms with E-state index in [0.29, 0.717) is 25.3 Å². The van der Waals surface area contributed by atoms with Gasteiger partial charge in [-0.05, 0) is 24.8 Å². The zero-order valence-electron chi connectivity index (χ0n) is 13.1. The highest BCUT2D eigenvalue weighted by Crippen LogP contribution is 2.54. The van der Waals surface area contributed by atoms with Crippen LogP contribution in [0.3, 0.4) is 0 Å². The van der Waals surface area contributed by atoms with Crippen LogP contribution in [-0.2, 0) is 11.8 Å². The van der Waals surface area contributed by atoms with Gasteiger partial charge in [0.05, 0.1) is 17.1 Å². The number of rotatable bonds is 4. The van der Waals surface area contributed by atoms with E-state index in [2.05, 4.69) is 15.1 Å². The Balaban J connectivity index is 1.96. The smallest absolute Gasteiger partial charge is 0.331 e. The first kappa shape index (κ1) is 15.6. The van der Waals surface area contributed by atoms with Gasteiger partial charge in [-0.25, -0.2) is 4.68 Å². The summed E-state index contributed by atoms with van der Waals surface area (Å²) in [6.07, 6.45) is 3.64. The summed E-state index contributed by atoms with van der Waals surface area (Å²) in [7, 11) is 3.33. The van der Waals surface area contributed by atoms with Gasteiger partial charge in [0.15, 0.2) is 0 Å². The third-order valence-corrected chi connectivity index (χ3v) is 4.88. The molecular formula is C13H19N7O3. The van der Waals surface area contributed by atoms with Crippen LogP contribution < -0.4 is 4.90 Å². The molecule has 2 unspecified atom stereocenters. The summed E-state index contributed by atoms with van der Waals surface area (Å²) in [5, 5.41) is 19.2. The van der Waals surface area contributed by atoms with Gasteiger partial charge in [-0.2, -0.15) is 5.10 Å². The van der Waals surface area contributed by atoms with Crippen LogP contribution in [0.4, 0.5) is 11.5 Å². The van der Waals surface area contributed by atoms with E-state index in [0.717, 1.165) is 12.8 Å². The lowest BCUT2D eigenvalue weighted by Gasteiger charge is -2.29. The molecular weight excluding hydrogens is 302 g/mol. The van der Waals surface area contributed by atoms with Gasteiger partial charge in [0.25, 0.3) is 0 Å². The molecule has 1 saturated heterocycles. The number of aryl methyl sites for hydroxylation is 1. The Morgan fingerprint density at radius 1 is 1.61 bits per heavy atom. The molecule has 23 heavy (non-hydrogen) atoms. The summed E-state index contributed by atoms with van der Waals surface area (Å²) < 4.78 is 7.17. The number of hydrogen-bond donors (Lipinski definition) is 0. The van der Waals surface area contributed by atoms with E-state index >= 15 is 0 Å². The Kier molecular flexibility index (Phi) is 3.87. The average molecular weight is 321 g/mol. The lowest BCUT2D eigenvalue weighted by Crippen LogP contribution is -2.38. The largest absolute Gasteiger partial charge is 0.380 e. The molecule has 2 aliphatic rings. The highest BCUT2D eigenvalue weighted by Gasteiger charge is 2.55. The number of methoxy groups -OCH3 is 1. The number of hydrogen-bond acceptors (Lipinski definition) is 6. The zero-order chi connectivity index (χ0) is 16.6. The van der Waals surface area contributed by atoms with Crippen LogP contribution in [0.25, 0.3) is 10.4 Å². The van der Waals surface area contributed by atoms with Crippen LogP contribution in [0.1, 0.15) is 19.3 Å². The molecule has 0 amide bonds. The molecule has 0 N–H and O–H groups in total. The van der Waals surface area contributed by atoms with Crippen molar-refractivity contribution in [1.29, 1.82) is 0 Å². The quantitative estimate of drug-likeness (QED) is 0.276. The number of nitrogens with zero attached hydrogens (tertiary/aromatic N) is 7. The fourth-order valence-corrected chi connectivity index (χ4v) is 3.69. The maximum atomic E-state index is 11.3. The van der Waals surface area contributed by atoms with Crippen LogP contribution in [0.2, 0.25) is 0 Å². The second-order valence-electron chi connectivity index (χ2n) is 6.24. The van der Waals surface area contributed by atoms with Crippen molar-refractivity contribution in [3.63, 3.8) is 0 Å². The topological polar surface area (TPSA) is 122 Å². The van der Waals surface area contributed by atoms with E-state index < -0.39 is 4.92 Å². The molecule has 2 atom stereocenters. The molecule has 10 nitrogen and oxygen atoms in total. The number of nitro groups is 1. The van der Waals surface area contributed by atoms with Crippen LogP contribution >= 0.6 is 0 Å². The molecule has 1 aromatic rings. The Morgan fingerprint density at radius 2 is 2.35 bits per heavy atom. The van der Waals surface area contributed by atoms with Crippen LogP contribution in [-0.4, -0.2) is 47.0 Å². The molecule has 1 aliphatic heterocycles. The monoisotopic (exact) mass is 321 g/mol. The van der Waals surface area contributed by atoms with Crippen molar-refractivity contribution in [3.05, 3.63) is 26.8 Å². The van der Waals surface area contributed by atoms with E-state index in [4.69, 9.17) is 10.3 Å². The molecule has 1 saturated carbocycles. The zero-order valence-corrected chi connectivity index (χ0v) is 13.1. The first-order valence-corrected chi connectivity index (χ1v) is 7.51. The van der Waals surface area contributed by atoms with Gasteiger partial charge in [0.1, 0.15) is 6.20 Å². The Bertz CT molecular complexity index is 663. The summed E-state index contributed by atoms with van der Waals surface area (Å²) in [4.78, 5) is 15.8. The van der Waals surface area contributed by atoms with Gasteiger partial charge in [-0.1, -0.05) is 5.11 Å². The molecule has 124 valence electrons. The lowest BCUT2D eigenvalue weighted by molar-refractivity contribution is -0.384. The molecule has 10 heteroatoms. The lowest BCUT2D eigenvalue weighted by atomic mass is 9.93. The highest BCUT2D eigenvalue weighted by atomic mass is 16.6. The van der Waals surface area contributed by atoms with Crippen molar-refractivity contribution in [2.75, 3.05) is 25.1 Å². The summed E-state index contributed by atoms with van der Waals surface area (Å²) >= 11 is 0. The van der Waals surface area contributed by atoms with Gasteiger partial charge in [0.2, 0.25) is 5.82 Å². The predicted octanol–water partition coefficient (Wildman–Crippen LogP) is 2.01. The minimum absolute atomic E-state index is 0.000462. The molecule has 2 fully saturated rings. The fourth-order valence-electron chi connectivity index (χ4n) is 3.69. The standard InChI is InChI=1S/C13H19N7O3/c1-18-12(10(7-15-18)20(21)22)19-6-3-9(16-17-14)11(23-2)13(8-19)4-5-13/h7,9,11H,3-6,8H2,1-2H3. The van der Waals surface area contributed by atoms with Crippen molar-refractivity contribution < 1.29 is 9.66 Å². The third kappa shape index (κ3) is 2.60. The maximum absolute atomic E-state index is 11.3. The molecule has 0 radical (unpaired) electrons. The SMILES string of the molecule is COC1C(N=[N+]=[N-])CCN(c2c([N+](=O)[O-])cnn2C)CC12CC2. The molecule has 1 spiro atoms. The molecule has 0 aromatic carbocycles. The Labute approximate surface area is 132 Å². The van der Waals surface area contributed by atoms with Gasteiger partial charge in [0, 0.05) is 37.6 Å². The van der Waals surface area contributed by atoms with Crippen molar-refractivity contribution in [2.45, 2.75) is 31.4 Å². The second kappa shape index (κ2) is 5.71. The van der Waals surface area contributed by atoms with E-state index in [9.17, 15) is 10.1 Å². The number of ether oxygens (including phenoxy) is 1. The van der Waals surface area contributed by atoms with Crippen molar-refractivity contribution in [3.8, 4) is 0 Å². The minimum Gasteiger partial charge on any atom is -0.380 e. The van der Waals surface area contributed by atoms with E-state index in [1.54, 1.807) is 14.2 Å². The number of anilines is 1.